The molecule has 7 heteroatoms. The summed E-state index contributed by atoms with van der Waals surface area (Å²) in [4.78, 5) is 12.4. The van der Waals surface area contributed by atoms with E-state index in [1.807, 2.05) is 0 Å². The van der Waals surface area contributed by atoms with Crippen LogP contribution in [-0.2, 0) is 11.3 Å². The molecule has 3 nitrogen and oxygen atoms in total. The molecule has 0 amide bonds. The van der Waals surface area contributed by atoms with Gasteiger partial charge in [0.25, 0.3) is 0 Å². The molecule has 1 aromatic rings. The van der Waals surface area contributed by atoms with Gasteiger partial charge < -0.3 is 4.74 Å². The van der Waals surface area contributed by atoms with Crippen molar-refractivity contribution < 1.29 is 27.1 Å². The number of ether oxygens (including phenoxy) is 1. The summed E-state index contributed by atoms with van der Waals surface area (Å²) < 4.78 is 55.5. The van der Waals surface area contributed by atoms with Crippen LogP contribution < -0.4 is 0 Å². The molecule has 21 heavy (non-hydrogen) atoms. The number of hydrogen-bond donors (Lipinski definition) is 0. The molecule has 0 fully saturated rings. The minimum atomic E-state index is -4.31. The second kappa shape index (κ2) is 7.40. The van der Waals surface area contributed by atoms with Crippen LogP contribution in [0.15, 0.2) is 18.2 Å². The van der Waals surface area contributed by atoms with Gasteiger partial charge in [-0.15, -0.1) is 0 Å². The summed E-state index contributed by atoms with van der Waals surface area (Å²) in [7, 11) is 1.13. The van der Waals surface area contributed by atoms with Gasteiger partial charge in [0.1, 0.15) is 5.82 Å². The summed E-state index contributed by atoms with van der Waals surface area (Å²) in [5, 5.41) is 0. The van der Waals surface area contributed by atoms with Gasteiger partial charge >= 0.3 is 12.1 Å². The molecule has 0 aromatic heterocycles. The van der Waals surface area contributed by atoms with Crippen molar-refractivity contribution in [3.63, 3.8) is 0 Å². The number of nitrogens with zero attached hydrogens (tertiary/aromatic N) is 1. The maximum Gasteiger partial charge on any atom is 0.401 e. The summed E-state index contributed by atoms with van der Waals surface area (Å²) >= 11 is 0. The van der Waals surface area contributed by atoms with E-state index in [2.05, 4.69) is 4.74 Å². The van der Waals surface area contributed by atoms with Crippen LogP contribution in [0.4, 0.5) is 17.6 Å². The van der Waals surface area contributed by atoms with E-state index in [1.165, 1.54) is 17.0 Å². The number of carbonyl (C=O) groups is 1. The lowest BCUT2D eigenvalue weighted by molar-refractivity contribution is -0.147. The quantitative estimate of drug-likeness (QED) is 0.596. The minimum Gasteiger partial charge on any atom is -0.465 e. The third-order valence-corrected chi connectivity index (χ3v) is 2.79. The van der Waals surface area contributed by atoms with Crippen molar-refractivity contribution in [2.45, 2.75) is 26.1 Å². The Kier molecular flexibility index (Phi) is 6.14. The van der Waals surface area contributed by atoms with E-state index in [0.717, 1.165) is 13.2 Å². The van der Waals surface area contributed by atoms with Gasteiger partial charge in [-0.2, -0.15) is 13.2 Å². The van der Waals surface area contributed by atoms with Gasteiger partial charge in [-0.3, -0.25) is 4.90 Å². The third-order valence-electron chi connectivity index (χ3n) is 2.79. The Morgan fingerprint density at radius 1 is 1.33 bits per heavy atom. The lowest BCUT2D eigenvalue weighted by atomic mass is 10.1. The second-order valence-electron chi connectivity index (χ2n) is 4.63. The van der Waals surface area contributed by atoms with Crippen LogP contribution >= 0.6 is 0 Å². The number of esters is 1. The first-order chi connectivity index (χ1) is 9.76. The van der Waals surface area contributed by atoms with E-state index in [4.69, 9.17) is 0 Å². The lowest BCUT2D eigenvalue weighted by Gasteiger charge is -2.23. The maximum absolute atomic E-state index is 13.7. The molecule has 0 saturated heterocycles. The van der Waals surface area contributed by atoms with Gasteiger partial charge in [-0.25, -0.2) is 9.18 Å². The van der Waals surface area contributed by atoms with E-state index < -0.39 is 24.5 Å². The van der Waals surface area contributed by atoms with Crippen molar-refractivity contribution in [2.75, 3.05) is 20.2 Å². The van der Waals surface area contributed by atoms with Crippen molar-refractivity contribution in [2.24, 2.45) is 0 Å². The molecule has 0 aliphatic rings. The predicted molar refractivity (Wildman–Crippen MR) is 69.4 cm³/mol. The molecule has 1 aromatic carbocycles. The maximum atomic E-state index is 13.7. The number of carbonyl (C=O) groups excluding carboxylic acids is 1. The predicted octanol–water partition coefficient (Wildman–Crippen LogP) is 3.39. The highest BCUT2D eigenvalue weighted by Gasteiger charge is 2.30. The fraction of sp³-hybridized carbons (Fsp3) is 0.500. The van der Waals surface area contributed by atoms with Gasteiger partial charge in [0.05, 0.1) is 19.2 Å². The number of alkyl halides is 3. The average molecular weight is 307 g/mol. The zero-order valence-corrected chi connectivity index (χ0v) is 11.8. The van der Waals surface area contributed by atoms with Crippen LogP contribution in [0.2, 0.25) is 0 Å². The van der Waals surface area contributed by atoms with Gasteiger partial charge in [0.15, 0.2) is 0 Å². The molecule has 0 N–H and O–H groups in total. The zero-order chi connectivity index (χ0) is 16.0. The van der Waals surface area contributed by atoms with Crippen LogP contribution in [0.25, 0.3) is 0 Å². The first-order valence-corrected chi connectivity index (χ1v) is 6.42. The average Bonchev–Trinajstić information content (AvgIpc) is 2.36. The highest BCUT2D eigenvalue weighted by atomic mass is 19.4. The molecule has 0 aliphatic carbocycles. The van der Waals surface area contributed by atoms with Crippen LogP contribution in [0.3, 0.4) is 0 Å². The lowest BCUT2D eigenvalue weighted by Crippen LogP contribution is -2.34. The Morgan fingerprint density at radius 2 is 2.00 bits per heavy atom. The van der Waals surface area contributed by atoms with E-state index in [1.54, 1.807) is 6.92 Å². The molecule has 118 valence electrons. The number of rotatable bonds is 6. The highest BCUT2D eigenvalue weighted by Crippen LogP contribution is 2.19. The van der Waals surface area contributed by atoms with E-state index in [-0.39, 0.29) is 18.7 Å². The summed E-state index contributed by atoms with van der Waals surface area (Å²) in [5.74, 6) is -1.62. The molecule has 0 radical (unpaired) electrons. The normalized spacial score (nSPS) is 11.8. The standard InChI is InChI=1S/C14H17F4NO2/c1-3-6-19(9-14(16,17)18)8-10-4-5-11(12(15)7-10)13(20)21-2/h4-5,7H,3,6,8-9H2,1-2H3. The largest absolute Gasteiger partial charge is 0.465 e. The summed E-state index contributed by atoms with van der Waals surface area (Å²) in [6, 6.07) is 3.70. The SMILES string of the molecule is CCCN(Cc1ccc(C(=O)OC)c(F)c1)CC(F)(F)F. The Hall–Kier alpha value is -1.63. The van der Waals surface area contributed by atoms with Gasteiger partial charge in [0, 0.05) is 6.54 Å². The topological polar surface area (TPSA) is 29.5 Å². The first-order valence-electron chi connectivity index (χ1n) is 6.42. The van der Waals surface area contributed by atoms with Crippen molar-refractivity contribution in [3.05, 3.63) is 35.1 Å². The van der Waals surface area contributed by atoms with Crippen LogP contribution in [0.1, 0.15) is 29.3 Å². The summed E-state index contributed by atoms with van der Waals surface area (Å²) in [6.45, 7) is 0.928. The third kappa shape index (κ3) is 5.71. The fourth-order valence-corrected chi connectivity index (χ4v) is 1.97. The minimum absolute atomic E-state index is 0.0360. The number of hydrogen-bond acceptors (Lipinski definition) is 3. The Bertz CT molecular complexity index is 488. The zero-order valence-electron chi connectivity index (χ0n) is 11.8. The smallest absolute Gasteiger partial charge is 0.401 e. The molecule has 0 spiro atoms. The Morgan fingerprint density at radius 3 is 2.48 bits per heavy atom. The van der Waals surface area contributed by atoms with Crippen LogP contribution in [-0.4, -0.2) is 37.2 Å². The molecular formula is C14H17F4NO2. The number of benzene rings is 1. The van der Waals surface area contributed by atoms with Gasteiger partial charge in [-0.05, 0) is 30.7 Å². The van der Waals surface area contributed by atoms with Crippen LogP contribution in [0, 0.1) is 5.82 Å². The Labute approximate surface area is 120 Å². The molecule has 0 saturated carbocycles. The molecule has 0 atom stereocenters. The molecule has 0 heterocycles. The highest BCUT2D eigenvalue weighted by molar-refractivity contribution is 5.89. The van der Waals surface area contributed by atoms with Gasteiger partial charge in [-0.1, -0.05) is 13.0 Å². The first kappa shape index (κ1) is 17.4. The number of methoxy groups -OCH3 is 1. The monoisotopic (exact) mass is 307 g/mol. The Balaban J connectivity index is 2.85. The van der Waals surface area contributed by atoms with Crippen LogP contribution in [0.5, 0.6) is 0 Å². The molecular weight excluding hydrogens is 290 g/mol. The van der Waals surface area contributed by atoms with Crippen molar-refractivity contribution >= 4 is 5.97 Å². The fourth-order valence-electron chi connectivity index (χ4n) is 1.97. The molecule has 0 aliphatic heterocycles. The van der Waals surface area contributed by atoms with Gasteiger partial charge in [0.2, 0.25) is 0 Å². The molecule has 1 rings (SSSR count). The van der Waals surface area contributed by atoms with E-state index in [0.29, 0.717) is 12.0 Å². The van der Waals surface area contributed by atoms with Crippen molar-refractivity contribution in [1.82, 2.24) is 4.90 Å². The van der Waals surface area contributed by atoms with Crippen molar-refractivity contribution in [1.29, 1.82) is 0 Å². The van der Waals surface area contributed by atoms with E-state index >= 15 is 0 Å². The molecule has 0 bridgehead atoms. The second-order valence-corrected chi connectivity index (χ2v) is 4.63. The van der Waals surface area contributed by atoms with E-state index in [9.17, 15) is 22.4 Å². The number of halogens is 4. The van der Waals surface area contributed by atoms with Crippen molar-refractivity contribution in [3.8, 4) is 0 Å². The summed E-state index contributed by atoms with van der Waals surface area (Å²) in [6.07, 6.45) is -3.75. The molecule has 0 unspecified atom stereocenters. The summed E-state index contributed by atoms with van der Waals surface area (Å²) in [5.41, 5.74) is 0.136.